The van der Waals surface area contributed by atoms with Crippen LogP contribution in [0.5, 0.6) is 11.5 Å². The first-order valence-electron chi connectivity index (χ1n) is 13.7. The first-order chi connectivity index (χ1) is 19.9. The van der Waals surface area contributed by atoms with E-state index >= 15 is 0 Å². The average molecular weight is 579 g/mol. The Bertz CT molecular complexity index is 1640. The standard InChI is InChI=1S/C28H30N6O6S/c1-2-19-23(32-8-10-33(11-9-32)27(39)21-24(37)18-5-14-40-20(18)15-29-21)25(38)22-28(34(19)12-13-35)41-26(30-22)17-3-6-31(16-36)7-4-17/h3,13,15-16,37H,2,4-12,14H2,1H3. The molecule has 214 valence electrons. The second-order valence-corrected chi connectivity index (χ2v) is 11.2. The number of piperazine rings is 1. The third-order valence-corrected chi connectivity index (χ3v) is 9.11. The second-order valence-electron chi connectivity index (χ2n) is 10.2. The molecule has 0 bridgehead atoms. The lowest BCUT2D eigenvalue weighted by atomic mass is 10.1. The summed E-state index contributed by atoms with van der Waals surface area (Å²) in [6.45, 7) is 5.06. The summed E-state index contributed by atoms with van der Waals surface area (Å²) in [7, 11) is 0. The van der Waals surface area contributed by atoms with E-state index in [9.17, 15) is 24.3 Å². The van der Waals surface area contributed by atoms with E-state index in [1.54, 1.807) is 9.80 Å². The average Bonchev–Trinajstić information content (AvgIpc) is 3.67. The molecule has 0 radical (unpaired) electrons. The summed E-state index contributed by atoms with van der Waals surface area (Å²) < 4.78 is 7.31. The molecule has 3 aliphatic rings. The van der Waals surface area contributed by atoms with Crippen LogP contribution in [0.1, 0.15) is 40.1 Å². The molecule has 1 saturated heterocycles. The zero-order valence-corrected chi connectivity index (χ0v) is 23.5. The molecule has 13 heteroatoms. The van der Waals surface area contributed by atoms with Gasteiger partial charge in [0.1, 0.15) is 33.1 Å². The Kier molecular flexibility index (Phi) is 7.20. The third kappa shape index (κ3) is 4.63. The van der Waals surface area contributed by atoms with Gasteiger partial charge in [0, 0.05) is 56.9 Å². The molecule has 0 saturated carbocycles. The fourth-order valence-electron chi connectivity index (χ4n) is 5.79. The Hall–Kier alpha value is -4.26. The van der Waals surface area contributed by atoms with Gasteiger partial charge in [0.15, 0.2) is 11.4 Å². The van der Waals surface area contributed by atoms with Crippen LogP contribution in [0.15, 0.2) is 17.1 Å². The number of thiazole rings is 1. The minimum atomic E-state index is -0.362. The summed E-state index contributed by atoms with van der Waals surface area (Å²) in [5.41, 5.74) is 3.00. The van der Waals surface area contributed by atoms with Gasteiger partial charge in [-0.1, -0.05) is 24.3 Å². The van der Waals surface area contributed by atoms with E-state index in [0.717, 1.165) is 29.0 Å². The van der Waals surface area contributed by atoms with E-state index in [4.69, 9.17) is 9.72 Å². The van der Waals surface area contributed by atoms with Crippen molar-refractivity contribution in [2.75, 3.05) is 50.8 Å². The maximum Gasteiger partial charge on any atom is 0.276 e. The van der Waals surface area contributed by atoms with Crippen LogP contribution in [0.2, 0.25) is 0 Å². The molecule has 3 aliphatic heterocycles. The minimum absolute atomic E-state index is 0.00925. The lowest BCUT2D eigenvalue weighted by Gasteiger charge is -2.37. The highest BCUT2D eigenvalue weighted by Gasteiger charge is 2.31. The van der Waals surface area contributed by atoms with E-state index in [2.05, 4.69) is 4.98 Å². The third-order valence-electron chi connectivity index (χ3n) is 7.95. The summed E-state index contributed by atoms with van der Waals surface area (Å²) in [5.74, 6) is 0.0134. The van der Waals surface area contributed by atoms with Gasteiger partial charge >= 0.3 is 0 Å². The topological polar surface area (TPSA) is 138 Å². The maximum absolute atomic E-state index is 13.9. The van der Waals surface area contributed by atoms with Crippen LogP contribution in [0.3, 0.4) is 0 Å². The Morgan fingerprint density at radius 1 is 1.17 bits per heavy atom. The van der Waals surface area contributed by atoms with Crippen molar-refractivity contribution >= 4 is 51.5 Å². The first kappa shape index (κ1) is 26.9. The largest absolute Gasteiger partial charge is 0.505 e. The molecule has 0 spiro atoms. The molecule has 3 aromatic heterocycles. The maximum atomic E-state index is 13.9. The van der Waals surface area contributed by atoms with Crippen LogP contribution in [-0.2, 0) is 29.0 Å². The van der Waals surface area contributed by atoms with Crippen molar-refractivity contribution < 1.29 is 24.2 Å². The monoisotopic (exact) mass is 578 g/mol. The van der Waals surface area contributed by atoms with Gasteiger partial charge in [0.25, 0.3) is 5.91 Å². The SMILES string of the molecule is CCc1c(N2CCN(C(=O)c3ncc4c(c3O)CCO4)CC2)c(=O)c2nc(C3=CCN(C=O)CC3)sc2n1CC=O. The second kappa shape index (κ2) is 11.0. The highest BCUT2D eigenvalue weighted by atomic mass is 32.1. The molecule has 0 aromatic carbocycles. The van der Waals surface area contributed by atoms with Gasteiger partial charge in [-0.15, -0.1) is 0 Å². The number of amides is 2. The lowest BCUT2D eigenvalue weighted by Crippen LogP contribution is -2.50. The Morgan fingerprint density at radius 3 is 2.66 bits per heavy atom. The lowest BCUT2D eigenvalue weighted by molar-refractivity contribution is -0.117. The number of pyridine rings is 2. The van der Waals surface area contributed by atoms with Crippen LogP contribution >= 0.6 is 11.3 Å². The van der Waals surface area contributed by atoms with Crippen LogP contribution < -0.4 is 15.1 Å². The summed E-state index contributed by atoms with van der Waals surface area (Å²) >= 11 is 1.40. The summed E-state index contributed by atoms with van der Waals surface area (Å²) in [6.07, 6.45) is 6.80. The molecule has 6 heterocycles. The van der Waals surface area contributed by atoms with Crippen LogP contribution in [-0.4, -0.2) is 93.9 Å². The number of hydrogen-bond donors (Lipinski definition) is 1. The number of aromatic hydroxyl groups is 1. The van der Waals surface area contributed by atoms with Crippen molar-refractivity contribution in [2.24, 2.45) is 0 Å². The number of aromatic nitrogens is 3. The number of fused-ring (bicyclic) bond motifs is 2. The molecular weight excluding hydrogens is 548 g/mol. The van der Waals surface area contributed by atoms with Crippen molar-refractivity contribution in [1.29, 1.82) is 0 Å². The minimum Gasteiger partial charge on any atom is -0.505 e. The molecule has 12 nitrogen and oxygen atoms in total. The van der Waals surface area contributed by atoms with Gasteiger partial charge in [-0.3, -0.25) is 14.4 Å². The van der Waals surface area contributed by atoms with E-state index in [1.165, 1.54) is 17.5 Å². The predicted octanol–water partition coefficient (Wildman–Crippen LogP) is 1.46. The Labute approximate surface area is 239 Å². The quantitative estimate of drug-likeness (QED) is 0.413. The van der Waals surface area contributed by atoms with E-state index < -0.39 is 0 Å². The summed E-state index contributed by atoms with van der Waals surface area (Å²) in [5, 5.41) is 11.4. The van der Waals surface area contributed by atoms with Crippen molar-refractivity contribution in [3.8, 4) is 11.5 Å². The molecule has 1 N–H and O–H groups in total. The van der Waals surface area contributed by atoms with E-state index in [0.29, 0.717) is 92.5 Å². The van der Waals surface area contributed by atoms with Gasteiger partial charge in [0.2, 0.25) is 11.8 Å². The summed E-state index contributed by atoms with van der Waals surface area (Å²) in [4.78, 5) is 64.9. The molecule has 2 amide bonds. The Balaban J connectivity index is 1.30. The van der Waals surface area contributed by atoms with Crippen molar-refractivity contribution in [3.63, 3.8) is 0 Å². The number of carbonyl (C=O) groups is 3. The highest BCUT2D eigenvalue weighted by molar-refractivity contribution is 7.19. The Morgan fingerprint density at radius 2 is 1.98 bits per heavy atom. The van der Waals surface area contributed by atoms with Gasteiger partial charge in [-0.25, -0.2) is 9.97 Å². The molecule has 41 heavy (non-hydrogen) atoms. The molecule has 3 aromatic rings. The van der Waals surface area contributed by atoms with E-state index in [-0.39, 0.29) is 29.3 Å². The number of nitrogens with zero attached hydrogens (tertiary/aromatic N) is 6. The highest BCUT2D eigenvalue weighted by Crippen LogP contribution is 2.35. The fourth-order valence-corrected chi connectivity index (χ4v) is 6.96. The zero-order chi connectivity index (χ0) is 28.7. The normalized spacial score (nSPS) is 16.9. The van der Waals surface area contributed by atoms with Crippen molar-refractivity contribution in [2.45, 2.75) is 32.7 Å². The molecule has 0 aliphatic carbocycles. The number of hydrogen-bond acceptors (Lipinski definition) is 10. The van der Waals surface area contributed by atoms with Crippen molar-refractivity contribution in [1.82, 2.24) is 24.3 Å². The summed E-state index contributed by atoms with van der Waals surface area (Å²) in [6, 6.07) is 0. The molecular formula is C28H30N6O6S. The van der Waals surface area contributed by atoms with Crippen molar-refractivity contribution in [3.05, 3.63) is 44.5 Å². The van der Waals surface area contributed by atoms with Crippen LogP contribution in [0.4, 0.5) is 5.69 Å². The number of ether oxygens (including phenoxy) is 1. The number of aldehydes is 1. The first-order valence-corrected chi connectivity index (χ1v) is 14.5. The molecule has 0 atom stereocenters. The smallest absolute Gasteiger partial charge is 0.276 e. The predicted molar refractivity (Wildman–Crippen MR) is 153 cm³/mol. The van der Waals surface area contributed by atoms with Crippen LogP contribution in [0, 0.1) is 0 Å². The van der Waals surface area contributed by atoms with Gasteiger partial charge in [-0.05, 0) is 18.4 Å². The molecule has 0 unspecified atom stereocenters. The fraction of sp³-hybridized carbons (Fsp3) is 0.429. The van der Waals surface area contributed by atoms with Gasteiger partial charge in [0.05, 0.1) is 19.3 Å². The number of carbonyl (C=O) groups excluding carboxylic acids is 3. The number of anilines is 1. The van der Waals surface area contributed by atoms with E-state index in [1.807, 2.05) is 22.5 Å². The zero-order valence-electron chi connectivity index (χ0n) is 22.7. The molecule has 1 fully saturated rings. The number of rotatable bonds is 7. The van der Waals surface area contributed by atoms with Crippen LogP contribution in [0.25, 0.3) is 15.9 Å². The van der Waals surface area contributed by atoms with Gasteiger partial charge < -0.3 is 33.9 Å². The van der Waals surface area contributed by atoms with Gasteiger partial charge in [-0.2, -0.15) is 0 Å². The molecule has 6 rings (SSSR count).